The lowest BCUT2D eigenvalue weighted by atomic mass is 10.2. The fraction of sp³-hybridized carbons (Fsp3) is 0.222. The van der Waals surface area contributed by atoms with Gasteiger partial charge in [0.15, 0.2) is 5.76 Å². The molecule has 0 amide bonds. The lowest BCUT2D eigenvalue weighted by molar-refractivity contribution is 0.432. The minimum Gasteiger partial charge on any atom is -0.394 e. The first-order valence-electron chi connectivity index (χ1n) is 3.96. The minimum absolute atomic E-state index is 0.598. The molecule has 0 aromatic carbocycles. The highest BCUT2D eigenvalue weighted by Crippen LogP contribution is 2.33. The number of nitrogen functional groups attached to an aromatic ring is 1. The summed E-state index contributed by atoms with van der Waals surface area (Å²) in [6, 6.07) is 2.07. The van der Waals surface area contributed by atoms with E-state index in [2.05, 4.69) is 25.1 Å². The summed E-state index contributed by atoms with van der Waals surface area (Å²) in [7, 11) is 0. The van der Waals surface area contributed by atoms with Gasteiger partial charge in [0.2, 0.25) is 0 Å². The summed E-state index contributed by atoms with van der Waals surface area (Å²) >= 11 is 1.73. The fourth-order valence-corrected chi connectivity index (χ4v) is 2.23. The van der Waals surface area contributed by atoms with Crippen molar-refractivity contribution in [2.24, 2.45) is 0 Å². The van der Waals surface area contributed by atoms with Crippen LogP contribution in [-0.2, 0) is 0 Å². The second-order valence-corrected chi connectivity index (χ2v) is 4.40. The molecule has 2 rings (SSSR count). The Hall–Kier alpha value is -1.29. The van der Waals surface area contributed by atoms with Crippen LogP contribution in [0.4, 0.5) is 5.69 Å². The van der Waals surface area contributed by atoms with Gasteiger partial charge in [0.05, 0.1) is 6.20 Å². The van der Waals surface area contributed by atoms with E-state index in [1.807, 2.05) is 0 Å². The predicted molar refractivity (Wildman–Crippen MR) is 53.7 cm³/mol. The number of aryl methyl sites for hydroxylation is 2. The molecule has 0 aliphatic heterocycles. The standard InChI is InChI=1S/C9H10N2OS/c1-5-3-7(6(2)13-5)9-8(10)4-11-12-9/h3-4H,10H2,1-2H3. The van der Waals surface area contributed by atoms with Gasteiger partial charge in [0, 0.05) is 15.3 Å². The molecular weight excluding hydrogens is 184 g/mol. The van der Waals surface area contributed by atoms with E-state index >= 15 is 0 Å². The molecule has 4 heteroatoms. The van der Waals surface area contributed by atoms with Crippen LogP contribution in [0.2, 0.25) is 0 Å². The van der Waals surface area contributed by atoms with Crippen LogP contribution < -0.4 is 5.73 Å². The summed E-state index contributed by atoms with van der Waals surface area (Å²) in [5.74, 6) is 0.682. The van der Waals surface area contributed by atoms with Crippen LogP contribution in [0.25, 0.3) is 11.3 Å². The molecular formula is C9H10N2OS. The normalized spacial score (nSPS) is 10.6. The number of hydrogen-bond donors (Lipinski definition) is 1. The Morgan fingerprint density at radius 2 is 2.23 bits per heavy atom. The molecule has 0 atom stereocenters. The van der Waals surface area contributed by atoms with E-state index in [9.17, 15) is 0 Å². The number of hydrogen-bond acceptors (Lipinski definition) is 4. The molecule has 2 aromatic heterocycles. The Morgan fingerprint density at radius 3 is 2.69 bits per heavy atom. The largest absolute Gasteiger partial charge is 0.394 e. The Kier molecular flexibility index (Phi) is 1.84. The molecule has 0 spiro atoms. The lowest BCUT2D eigenvalue weighted by Crippen LogP contribution is -1.83. The van der Waals surface area contributed by atoms with Crippen LogP contribution in [0.5, 0.6) is 0 Å². The highest BCUT2D eigenvalue weighted by Gasteiger charge is 2.12. The van der Waals surface area contributed by atoms with Crippen molar-refractivity contribution < 1.29 is 4.52 Å². The Balaban J connectivity index is 2.58. The molecule has 0 aliphatic carbocycles. The molecule has 68 valence electrons. The van der Waals surface area contributed by atoms with Gasteiger partial charge in [-0.25, -0.2) is 0 Å². The van der Waals surface area contributed by atoms with Crippen molar-refractivity contribution in [1.29, 1.82) is 0 Å². The highest BCUT2D eigenvalue weighted by atomic mass is 32.1. The average Bonchev–Trinajstić information content (AvgIpc) is 2.58. The first kappa shape index (κ1) is 8.31. The molecule has 3 nitrogen and oxygen atoms in total. The number of thiophene rings is 1. The second kappa shape index (κ2) is 2.88. The minimum atomic E-state index is 0.598. The van der Waals surface area contributed by atoms with E-state index in [4.69, 9.17) is 10.3 Å². The predicted octanol–water partition coefficient (Wildman–Crippen LogP) is 2.60. The first-order valence-corrected chi connectivity index (χ1v) is 4.77. The van der Waals surface area contributed by atoms with E-state index in [0.29, 0.717) is 11.4 Å². The number of nitrogens with two attached hydrogens (primary N) is 1. The summed E-state index contributed by atoms with van der Waals surface area (Å²) in [4.78, 5) is 2.46. The van der Waals surface area contributed by atoms with Crippen molar-refractivity contribution in [1.82, 2.24) is 5.16 Å². The zero-order valence-electron chi connectivity index (χ0n) is 7.50. The smallest absolute Gasteiger partial charge is 0.190 e. The molecule has 0 saturated heterocycles. The fourth-order valence-electron chi connectivity index (χ4n) is 1.31. The Bertz CT molecular complexity index is 431. The third kappa shape index (κ3) is 1.33. The van der Waals surface area contributed by atoms with Crippen LogP contribution in [0.3, 0.4) is 0 Å². The zero-order valence-corrected chi connectivity index (χ0v) is 8.31. The van der Waals surface area contributed by atoms with Crippen LogP contribution in [0.15, 0.2) is 16.8 Å². The van der Waals surface area contributed by atoms with Gasteiger partial charge in [-0.3, -0.25) is 0 Å². The molecule has 2 aromatic rings. The van der Waals surface area contributed by atoms with Gasteiger partial charge in [-0.15, -0.1) is 11.3 Å². The van der Waals surface area contributed by atoms with Crippen molar-refractivity contribution in [3.05, 3.63) is 22.0 Å². The molecule has 0 unspecified atom stereocenters. The number of anilines is 1. The van der Waals surface area contributed by atoms with E-state index < -0.39 is 0 Å². The second-order valence-electron chi connectivity index (χ2n) is 2.94. The van der Waals surface area contributed by atoms with Crippen molar-refractivity contribution >= 4 is 17.0 Å². The maximum Gasteiger partial charge on any atom is 0.190 e. The molecule has 13 heavy (non-hydrogen) atoms. The summed E-state index contributed by atoms with van der Waals surface area (Å²) in [6.45, 7) is 4.11. The van der Waals surface area contributed by atoms with Crippen LogP contribution in [0, 0.1) is 13.8 Å². The number of aromatic nitrogens is 1. The van der Waals surface area contributed by atoms with Gasteiger partial charge in [0.1, 0.15) is 5.69 Å². The summed E-state index contributed by atoms with van der Waals surface area (Å²) < 4.78 is 5.08. The zero-order chi connectivity index (χ0) is 9.42. The summed E-state index contributed by atoms with van der Waals surface area (Å²) in [6.07, 6.45) is 1.53. The molecule has 2 heterocycles. The van der Waals surface area contributed by atoms with Crippen LogP contribution in [0.1, 0.15) is 9.75 Å². The molecule has 0 aliphatic rings. The van der Waals surface area contributed by atoms with E-state index in [1.165, 1.54) is 16.0 Å². The topological polar surface area (TPSA) is 52.0 Å². The lowest BCUT2D eigenvalue weighted by Gasteiger charge is -1.93. The van der Waals surface area contributed by atoms with Gasteiger partial charge in [0.25, 0.3) is 0 Å². The van der Waals surface area contributed by atoms with E-state index in [-0.39, 0.29) is 0 Å². The van der Waals surface area contributed by atoms with E-state index in [1.54, 1.807) is 11.3 Å². The maximum atomic E-state index is 5.70. The van der Waals surface area contributed by atoms with Gasteiger partial charge in [-0.1, -0.05) is 5.16 Å². The summed E-state index contributed by atoms with van der Waals surface area (Å²) in [5, 5.41) is 3.65. The maximum absolute atomic E-state index is 5.70. The van der Waals surface area contributed by atoms with Gasteiger partial charge in [-0.05, 0) is 19.9 Å². The van der Waals surface area contributed by atoms with Crippen molar-refractivity contribution in [2.45, 2.75) is 13.8 Å². The third-order valence-corrected chi connectivity index (χ3v) is 2.85. The Morgan fingerprint density at radius 1 is 1.46 bits per heavy atom. The van der Waals surface area contributed by atoms with Gasteiger partial charge >= 0.3 is 0 Å². The van der Waals surface area contributed by atoms with Crippen LogP contribution in [-0.4, -0.2) is 5.16 Å². The molecule has 0 radical (unpaired) electrons. The summed E-state index contributed by atoms with van der Waals surface area (Å²) in [5.41, 5.74) is 7.35. The van der Waals surface area contributed by atoms with E-state index in [0.717, 1.165) is 5.56 Å². The monoisotopic (exact) mass is 194 g/mol. The highest BCUT2D eigenvalue weighted by molar-refractivity contribution is 7.12. The van der Waals surface area contributed by atoms with Gasteiger partial charge < -0.3 is 10.3 Å². The van der Waals surface area contributed by atoms with Crippen molar-refractivity contribution in [2.75, 3.05) is 5.73 Å². The third-order valence-electron chi connectivity index (χ3n) is 1.88. The Labute approximate surface area is 80.2 Å². The van der Waals surface area contributed by atoms with Crippen molar-refractivity contribution in [3.8, 4) is 11.3 Å². The molecule has 0 bridgehead atoms. The number of nitrogens with zero attached hydrogens (tertiary/aromatic N) is 1. The average molecular weight is 194 g/mol. The van der Waals surface area contributed by atoms with Crippen LogP contribution >= 0.6 is 11.3 Å². The first-order chi connectivity index (χ1) is 6.18. The molecule has 2 N–H and O–H groups in total. The SMILES string of the molecule is Cc1cc(-c2oncc2N)c(C)s1. The van der Waals surface area contributed by atoms with Crippen molar-refractivity contribution in [3.63, 3.8) is 0 Å². The molecule has 0 fully saturated rings. The molecule has 0 saturated carbocycles. The van der Waals surface area contributed by atoms with Gasteiger partial charge in [-0.2, -0.15) is 0 Å². The quantitative estimate of drug-likeness (QED) is 0.759. The number of rotatable bonds is 1.